The Labute approximate surface area is 105 Å². The summed E-state index contributed by atoms with van der Waals surface area (Å²) in [6, 6.07) is 7.55. The van der Waals surface area contributed by atoms with Crippen LogP contribution in [0.5, 0.6) is 0 Å². The zero-order valence-corrected chi connectivity index (χ0v) is 9.98. The van der Waals surface area contributed by atoms with Crippen LogP contribution in [0.3, 0.4) is 0 Å². The monoisotopic (exact) mass is 245 g/mol. The predicted octanol–water partition coefficient (Wildman–Crippen LogP) is 3.26. The molecule has 1 aliphatic rings. The molecule has 3 nitrogen and oxygen atoms in total. The van der Waals surface area contributed by atoms with E-state index in [4.69, 9.17) is 17.3 Å². The van der Waals surface area contributed by atoms with E-state index in [9.17, 15) is 0 Å². The Morgan fingerprint density at radius 1 is 1.29 bits per heavy atom. The van der Waals surface area contributed by atoms with Gasteiger partial charge in [0.25, 0.3) is 0 Å². The van der Waals surface area contributed by atoms with Gasteiger partial charge in [-0.1, -0.05) is 23.7 Å². The van der Waals surface area contributed by atoms with Gasteiger partial charge in [-0.2, -0.15) is 0 Å². The summed E-state index contributed by atoms with van der Waals surface area (Å²) in [4.78, 5) is 8.82. The second kappa shape index (κ2) is 4.00. The minimum absolute atomic E-state index is 0.524. The zero-order chi connectivity index (χ0) is 11.8. The van der Waals surface area contributed by atoms with E-state index in [2.05, 4.69) is 9.97 Å². The molecule has 1 aromatic heterocycles. The summed E-state index contributed by atoms with van der Waals surface area (Å²) >= 11 is 5.96. The first kappa shape index (κ1) is 10.5. The lowest BCUT2D eigenvalue weighted by molar-refractivity contribution is 1.00. The Kier molecular flexibility index (Phi) is 2.48. The van der Waals surface area contributed by atoms with Crippen molar-refractivity contribution in [3.8, 4) is 11.4 Å². The molecule has 0 radical (unpaired) electrons. The summed E-state index contributed by atoms with van der Waals surface area (Å²) < 4.78 is 0. The maximum absolute atomic E-state index is 5.96. The molecule has 2 N–H and O–H groups in total. The van der Waals surface area contributed by atoms with Crippen LogP contribution >= 0.6 is 11.6 Å². The highest BCUT2D eigenvalue weighted by atomic mass is 35.5. The Bertz CT molecular complexity index is 564. The van der Waals surface area contributed by atoms with Crippen molar-refractivity contribution in [3.05, 3.63) is 41.2 Å². The average molecular weight is 246 g/mol. The molecule has 0 spiro atoms. The van der Waals surface area contributed by atoms with Gasteiger partial charge in [-0.3, -0.25) is 0 Å². The highest BCUT2D eigenvalue weighted by Crippen LogP contribution is 2.41. The number of nitrogens with zero attached hydrogens (tertiary/aromatic N) is 2. The van der Waals surface area contributed by atoms with E-state index >= 15 is 0 Å². The van der Waals surface area contributed by atoms with Gasteiger partial charge in [0.2, 0.25) is 0 Å². The summed E-state index contributed by atoms with van der Waals surface area (Å²) in [5.41, 5.74) is 8.49. The Hall–Kier alpha value is -1.61. The fraction of sp³-hybridized carbons (Fsp3) is 0.231. The highest BCUT2D eigenvalue weighted by Gasteiger charge is 2.27. The SMILES string of the molecule is Nc1cnc(-c2cccc(Cl)c2)nc1C1CC1. The fourth-order valence-corrected chi connectivity index (χ4v) is 2.05. The molecule has 3 rings (SSSR count). The third-order valence-electron chi connectivity index (χ3n) is 2.89. The van der Waals surface area contributed by atoms with Gasteiger partial charge < -0.3 is 5.73 Å². The molecular formula is C13H12ClN3. The van der Waals surface area contributed by atoms with Crippen molar-refractivity contribution in [1.29, 1.82) is 0 Å². The number of nitrogens with two attached hydrogens (primary N) is 1. The molecule has 1 aromatic carbocycles. The van der Waals surface area contributed by atoms with Crippen LogP contribution in [0, 0.1) is 0 Å². The van der Waals surface area contributed by atoms with Gasteiger partial charge in [0.1, 0.15) is 0 Å². The van der Waals surface area contributed by atoms with E-state index in [0.29, 0.717) is 22.5 Å². The molecule has 1 heterocycles. The van der Waals surface area contributed by atoms with Crippen LogP contribution in [0.2, 0.25) is 5.02 Å². The molecule has 1 saturated carbocycles. The Morgan fingerprint density at radius 3 is 2.82 bits per heavy atom. The average Bonchev–Trinajstić information content (AvgIpc) is 3.14. The number of anilines is 1. The first-order chi connectivity index (χ1) is 8.24. The van der Waals surface area contributed by atoms with Crippen LogP contribution in [0.4, 0.5) is 5.69 Å². The molecule has 4 heteroatoms. The second-order valence-electron chi connectivity index (χ2n) is 4.32. The molecule has 0 bridgehead atoms. The van der Waals surface area contributed by atoms with Crippen LogP contribution in [0.25, 0.3) is 11.4 Å². The Morgan fingerprint density at radius 2 is 2.12 bits per heavy atom. The van der Waals surface area contributed by atoms with Crippen molar-refractivity contribution in [3.63, 3.8) is 0 Å². The molecule has 1 fully saturated rings. The van der Waals surface area contributed by atoms with Crippen molar-refractivity contribution in [2.75, 3.05) is 5.73 Å². The zero-order valence-electron chi connectivity index (χ0n) is 9.23. The number of hydrogen-bond acceptors (Lipinski definition) is 3. The van der Waals surface area contributed by atoms with Gasteiger partial charge >= 0.3 is 0 Å². The van der Waals surface area contributed by atoms with Gasteiger partial charge in [0, 0.05) is 16.5 Å². The maximum Gasteiger partial charge on any atom is 0.159 e. The standard InChI is InChI=1S/C13H12ClN3/c14-10-3-1-2-9(6-10)13-16-7-11(15)12(17-13)8-4-5-8/h1-3,6-8H,4-5,15H2. The highest BCUT2D eigenvalue weighted by molar-refractivity contribution is 6.30. The van der Waals surface area contributed by atoms with Crippen LogP contribution in [-0.2, 0) is 0 Å². The fourth-order valence-electron chi connectivity index (χ4n) is 1.85. The lowest BCUT2D eigenvalue weighted by Crippen LogP contribution is -2.00. The lowest BCUT2D eigenvalue weighted by atomic mass is 10.2. The van der Waals surface area contributed by atoms with E-state index in [1.54, 1.807) is 6.20 Å². The number of nitrogen functional groups attached to an aromatic ring is 1. The number of halogens is 1. The second-order valence-corrected chi connectivity index (χ2v) is 4.76. The number of aromatic nitrogens is 2. The molecule has 17 heavy (non-hydrogen) atoms. The quantitative estimate of drug-likeness (QED) is 0.884. The number of hydrogen-bond donors (Lipinski definition) is 1. The topological polar surface area (TPSA) is 51.8 Å². The van der Waals surface area contributed by atoms with Crippen molar-refractivity contribution in [1.82, 2.24) is 9.97 Å². The maximum atomic E-state index is 5.96. The largest absolute Gasteiger partial charge is 0.396 e. The summed E-state index contributed by atoms with van der Waals surface area (Å²) in [5.74, 6) is 1.22. The lowest BCUT2D eigenvalue weighted by Gasteiger charge is -2.06. The smallest absolute Gasteiger partial charge is 0.159 e. The summed E-state index contributed by atoms with van der Waals surface area (Å²) in [6.07, 6.45) is 4.04. The van der Waals surface area contributed by atoms with Gasteiger partial charge in [-0.25, -0.2) is 9.97 Å². The van der Waals surface area contributed by atoms with E-state index in [1.807, 2.05) is 24.3 Å². The Balaban J connectivity index is 2.06. The molecule has 0 atom stereocenters. The number of rotatable bonds is 2. The van der Waals surface area contributed by atoms with Crippen molar-refractivity contribution in [2.45, 2.75) is 18.8 Å². The molecule has 1 aliphatic carbocycles. The molecule has 86 valence electrons. The van der Waals surface area contributed by atoms with Crippen LogP contribution in [0.15, 0.2) is 30.5 Å². The van der Waals surface area contributed by atoms with Gasteiger partial charge in [-0.15, -0.1) is 0 Å². The third kappa shape index (κ3) is 2.11. The molecule has 0 saturated heterocycles. The first-order valence-corrected chi connectivity index (χ1v) is 6.00. The van der Waals surface area contributed by atoms with Gasteiger partial charge in [0.05, 0.1) is 17.6 Å². The predicted molar refractivity (Wildman–Crippen MR) is 68.9 cm³/mol. The summed E-state index contributed by atoms with van der Waals surface area (Å²) in [6.45, 7) is 0. The van der Waals surface area contributed by atoms with E-state index < -0.39 is 0 Å². The minimum atomic E-state index is 0.524. The summed E-state index contributed by atoms with van der Waals surface area (Å²) in [5, 5.41) is 0.691. The molecule has 2 aromatic rings. The molecular weight excluding hydrogens is 234 g/mol. The normalized spacial score (nSPS) is 14.9. The van der Waals surface area contributed by atoms with Gasteiger partial charge in [0.15, 0.2) is 5.82 Å². The van der Waals surface area contributed by atoms with Crippen molar-refractivity contribution < 1.29 is 0 Å². The molecule has 0 unspecified atom stereocenters. The first-order valence-electron chi connectivity index (χ1n) is 5.62. The van der Waals surface area contributed by atoms with Crippen molar-refractivity contribution in [2.24, 2.45) is 0 Å². The third-order valence-corrected chi connectivity index (χ3v) is 3.13. The van der Waals surface area contributed by atoms with Crippen LogP contribution in [-0.4, -0.2) is 9.97 Å². The van der Waals surface area contributed by atoms with Crippen LogP contribution < -0.4 is 5.73 Å². The van der Waals surface area contributed by atoms with Crippen molar-refractivity contribution >= 4 is 17.3 Å². The van der Waals surface area contributed by atoms with Gasteiger partial charge in [-0.05, 0) is 25.0 Å². The van der Waals surface area contributed by atoms with E-state index in [0.717, 1.165) is 11.3 Å². The minimum Gasteiger partial charge on any atom is -0.396 e. The van der Waals surface area contributed by atoms with Crippen LogP contribution in [0.1, 0.15) is 24.5 Å². The molecule has 0 amide bonds. The van der Waals surface area contributed by atoms with E-state index in [1.165, 1.54) is 12.8 Å². The molecule has 0 aliphatic heterocycles. The summed E-state index contributed by atoms with van der Waals surface area (Å²) in [7, 11) is 0. The number of benzene rings is 1. The van der Waals surface area contributed by atoms with E-state index in [-0.39, 0.29) is 0 Å².